The lowest BCUT2D eigenvalue weighted by Crippen LogP contribution is -2.41. The molecule has 0 spiro atoms. The molecule has 0 heterocycles. The SMILES string of the molecule is C=CCCC(NCCC)C1CCCC1(C)C. The van der Waals surface area contributed by atoms with E-state index >= 15 is 0 Å². The molecular formula is C15H29N. The van der Waals surface area contributed by atoms with Crippen LogP contribution >= 0.6 is 0 Å². The van der Waals surface area contributed by atoms with E-state index in [1.807, 2.05) is 0 Å². The van der Waals surface area contributed by atoms with Crippen molar-refractivity contribution < 1.29 is 0 Å². The van der Waals surface area contributed by atoms with Crippen LogP contribution in [0.4, 0.5) is 0 Å². The molecule has 1 aliphatic rings. The van der Waals surface area contributed by atoms with Crippen LogP contribution in [0.15, 0.2) is 12.7 Å². The molecule has 0 aromatic carbocycles. The summed E-state index contributed by atoms with van der Waals surface area (Å²) in [5, 5.41) is 3.75. The van der Waals surface area contributed by atoms with Gasteiger partial charge in [-0.1, -0.05) is 33.3 Å². The zero-order valence-electron chi connectivity index (χ0n) is 11.4. The summed E-state index contributed by atoms with van der Waals surface area (Å²) >= 11 is 0. The molecule has 1 aliphatic carbocycles. The number of allylic oxidation sites excluding steroid dienone is 1. The van der Waals surface area contributed by atoms with E-state index in [2.05, 4.69) is 38.7 Å². The van der Waals surface area contributed by atoms with E-state index in [-0.39, 0.29) is 0 Å². The summed E-state index contributed by atoms with van der Waals surface area (Å²) in [6, 6.07) is 0.704. The average Bonchev–Trinajstić information content (AvgIpc) is 2.59. The summed E-state index contributed by atoms with van der Waals surface area (Å²) < 4.78 is 0. The Morgan fingerprint density at radius 2 is 2.25 bits per heavy atom. The molecule has 1 nitrogen and oxygen atoms in total. The first-order chi connectivity index (χ1) is 7.61. The number of hydrogen-bond acceptors (Lipinski definition) is 1. The van der Waals surface area contributed by atoms with E-state index in [4.69, 9.17) is 0 Å². The number of nitrogens with one attached hydrogen (secondary N) is 1. The Balaban J connectivity index is 2.55. The van der Waals surface area contributed by atoms with Crippen LogP contribution < -0.4 is 5.32 Å². The zero-order chi connectivity index (χ0) is 12.0. The third-order valence-electron chi connectivity index (χ3n) is 4.16. The van der Waals surface area contributed by atoms with Crippen molar-refractivity contribution in [3.05, 3.63) is 12.7 Å². The lowest BCUT2D eigenvalue weighted by atomic mass is 9.76. The third-order valence-corrected chi connectivity index (χ3v) is 4.16. The Kier molecular flexibility index (Phi) is 5.54. The van der Waals surface area contributed by atoms with Gasteiger partial charge >= 0.3 is 0 Å². The summed E-state index contributed by atoms with van der Waals surface area (Å²) in [6.07, 6.45) is 9.92. The Morgan fingerprint density at radius 3 is 2.75 bits per heavy atom. The minimum Gasteiger partial charge on any atom is -0.314 e. The summed E-state index contributed by atoms with van der Waals surface area (Å²) in [4.78, 5) is 0. The summed E-state index contributed by atoms with van der Waals surface area (Å²) in [5.74, 6) is 0.860. The van der Waals surface area contributed by atoms with E-state index in [1.54, 1.807) is 0 Å². The molecule has 0 bridgehead atoms. The second-order valence-electron chi connectivity index (χ2n) is 5.91. The van der Waals surface area contributed by atoms with Crippen LogP contribution in [-0.4, -0.2) is 12.6 Å². The highest BCUT2D eigenvalue weighted by atomic mass is 14.9. The smallest absolute Gasteiger partial charge is 0.0103 e. The van der Waals surface area contributed by atoms with Gasteiger partial charge in [-0.05, 0) is 50.0 Å². The fraction of sp³-hybridized carbons (Fsp3) is 0.867. The first-order valence-corrected chi connectivity index (χ1v) is 6.96. The highest BCUT2D eigenvalue weighted by molar-refractivity contribution is 4.93. The first kappa shape index (κ1) is 13.8. The fourth-order valence-corrected chi connectivity index (χ4v) is 3.17. The molecule has 94 valence electrons. The van der Waals surface area contributed by atoms with Gasteiger partial charge in [0.25, 0.3) is 0 Å². The second kappa shape index (κ2) is 6.44. The average molecular weight is 223 g/mol. The first-order valence-electron chi connectivity index (χ1n) is 6.96. The van der Waals surface area contributed by atoms with Crippen LogP contribution in [0.25, 0.3) is 0 Å². The number of rotatable bonds is 7. The van der Waals surface area contributed by atoms with Crippen molar-refractivity contribution in [2.45, 2.75) is 65.3 Å². The van der Waals surface area contributed by atoms with Crippen LogP contribution in [0.3, 0.4) is 0 Å². The van der Waals surface area contributed by atoms with Crippen molar-refractivity contribution in [1.29, 1.82) is 0 Å². The van der Waals surface area contributed by atoms with Crippen molar-refractivity contribution >= 4 is 0 Å². The van der Waals surface area contributed by atoms with Gasteiger partial charge in [0, 0.05) is 6.04 Å². The van der Waals surface area contributed by atoms with E-state index in [9.17, 15) is 0 Å². The Morgan fingerprint density at radius 1 is 1.50 bits per heavy atom. The van der Waals surface area contributed by atoms with Gasteiger partial charge < -0.3 is 5.32 Å². The van der Waals surface area contributed by atoms with Crippen molar-refractivity contribution in [2.75, 3.05) is 6.54 Å². The normalized spacial score (nSPS) is 25.6. The van der Waals surface area contributed by atoms with Crippen LogP contribution in [0.2, 0.25) is 0 Å². The molecule has 0 amide bonds. The largest absolute Gasteiger partial charge is 0.314 e. The van der Waals surface area contributed by atoms with Gasteiger partial charge in [0.15, 0.2) is 0 Å². The molecule has 1 saturated carbocycles. The second-order valence-corrected chi connectivity index (χ2v) is 5.91. The molecule has 0 aromatic rings. The predicted octanol–water partition coefficient (Wildman–Crippen LogP) is 4.15. The van der Waals surface area contributed by atoms with E-state index in [0.29, 0.717) is 11.5 Å². The van der Waals surface area contributed by atoms with Gasteiger partial charge in [0.05, 0.1) is 0 Å². The van der Waals surface area contributed by atoms with Gasteiger partial charge in [0.1, 0.15) is 0 Å². The lowest BCUT2D eigenvalue weighted by Gasteiger charge is -2.35. The molecular weight excluding hydrogens is 194 g/mol. The van der Waals surface area contributed by atoms with Crippen LogP contribution in [-0.2, 0) is 0 Å². The van der Waals surface area contributed by atoms with Crippen LogP contribution in [0.5, 0.6) is 0 Å². The lowest BCUT2D eigenvalue weighted by molar-refractivity contribution is 0.190. The summed E-state index contributed by atoms with van der Waals surface area (Å²) in [7, 11) is 0. The summed E-state index contributed by atoms with van der Waals surface area (Å²) in [5.41, 5.74) is 0.534. The van der Waals surface area contributed by atoms with Crippen molar-refractivity contribution in [1.82, 2.24) is 5.32 Å². The molecule has 2 atom stereocenters. The van der Waals surface area contributed by atoms with Crippen molar-refractivity contribution in [3.63, 3.8) is 0 Å². The van der Waals surface area contributed by atoms with Crippen LogP contribution in [0.1, 0.15) is 59.3 Å². The highest BCUT2D eigenvalue weighted by Gasteiger charge is 2.38. The Bertz CT molecular complexity index is 207. The fourth-order valence-electron chi connectivity index (χ4n) is 3.17. The Labute approximate surface area is 102 Å². The quantitative estimate of drug-likeness (QED) is 0.639. The molecule has 1 fully saturated rings. The topological polar surface area (TPSA) is 12.0 Å². The number of hydrogen-bond donors (Lipinski definition) is 1. The zero-order valence-corrected chi connectivity index (χ0v) is 11.4. The monoisotopic (exact) mass is 223 g/mol. The Hall–Kier alpha value is -0.300. The van der Waals surface area contributed by atoms with E-state index in [0.717, 1.165) is 18.9 Å². The molecule has 0 aromatic heterocycles. The van der Waals surface area contributed by atoms with Gasteiger partial charge in [-0.3, -0.25) is 0 Å². The third kappa shape index (κ3) is 3.62. The van der Waals surface area contributed by atoms with Gasteiger partial charge in [0.2, 0.25) is 0 Å². The standard InChI is InChI=1S/C15H29N/c1-5-7-10-14(16-12-6-2)13-9-8-11-15(13,3)4/h5,13-14,16H,1,6-12H2,2-4H3. The maximum Gasteiger partial charge on any atom is 0.0103 e. The minimum atomic E-state index is 0.534. The van der Waals surface area contributed by atoms with E-state index < -0.39 is 0 Å². The molecule has 0 radical (unpaired) electrons. The summed E-state index contributed by atoms with van der Waals surface area (Å²) in [6.45, 7) is 12.1. The van der Waals surface area contributed by atoms with Crippen molar-refractivity contribution in [3.8, 4) is 0 Å². The maximum absolute atomic E-state index is 3.85. The predicted molar refractivity (Wildman–Crippen MR) is 72.6 cm³/mol. The van der Waals surface area contributed by atoms with Crippen molar-refractivity contribution in [2.24, 2.45) is 11.3 Å². The molecule has 1 heteroatoms. The van der Waals surface area contributed by atoms with Gasteiger partial charge in [-0.25, -0.2) is 0 Å². The highest BCUT2D eigenvalue weighted by Crippen LogP contribution is 2.45. The molecule has 1 rings (SSSR count). The molecule has 16 heavy (non-hydrogen) atoms. The van der Waals surface area contributed by atoms with Crippen LogP contribution in [0, 0.1) is 11.3 Å². The molecule has 0 aliphatic heterocycles. The molecule has 2 unspecified atom stereocenters. The van der Waals surface area contributed by atoms with Gasteiger partial charge in [-0.2, -0.15) is 0 Å². The molecule has 0 saturated heterocycles. The minimum absolute atomic E-state index is 0.534. The van der Waals surface area contributed by atoms with E-state index in [1.165, 1.54) is 32.1 Å². The molecule has 1 N–H and O–H groups in total. The van der Waals surface area contributed by atoms with Gasteiger partial charge in [-0.15, -0.1) is 6.58 Å². The maximum atomic E-state index is 3.85.